The molecule has 1 N–H and O–H groups in total. The highest BCUT2D eigenvalue weighted by Gasteiger charge is 2.29. The van der Waals surface area contributed by atoms with Gasteiger partial charge in [0.15, 0.2) is 5.65 Å². The number of hydrogen-bond donors (Lipinski definition) is 1. The summed E-state index contributed by atoms with van der Waals surface area (Å²) in [5.41, 5.74) is 1.67. The third kappa shape index (κ3) is 1.58. The van der Waals surface area contributed by atoms with Gasteiger partial charge in [0.2, 0.25) is 0 Å². The number of rotatable bonds is 3. The van der Waals surface area contributed by atoms with Crippen molar-refractivity contribution >= 4 is 17.1 Å². The molecule has 0 amide bonds. The maximum absolute atomic E-state index is 10.9. The Morgan fingerprint density at radius 3 is 2.94 bits per heavy atom. The van der Waals surface area contributed by atoms with Crippen molar-refractivity contribution in [1.82, 2.24) is 14.5 Å². The lowest BCUT2D eigenvalue weighted by molar-refractivity contribution is 0.0696. The fourth-order valence-corrected chi connectivity index (χ4v) is 2.11. The average molecular weight is 231 g/mol. The van der Waals surface area contributed by atoms with E-state index >= 15 is 0 Å². The number of aromatic carboxylic acids is 1. The topological polar surface area (TPSA) is 68.0 Å². The summed E-state index contributed by atoms with van der Waals surface area (Å²) in [5.74, 6) is 0.633. The van der Waals surface area contributed by atoms with Crippen LogP contribution in [0.1, 0.15) is 41.9 Å². The van der Waals surface area contributed by atoms with Crippen LogP contribution in [0, 0.1) is 0 Å². The molecule has 2 heterocycles. The van der Waals surface area contributed by atoms with E-state index in [0.717, 1.165) is 18.0 Å². The van der Waals surface area contributed by atoms with E-state index in [9.17, 15) is 4.79 Å². The Kier molecular flexibility index (Phi) is 2.14. The molecule has 0 saturated heterocycles. The predicted octanol–water partition coefficient (Wildman–Crippen LogP) is 2.03. The molecular weight excluding hydrogens is 218 g/mol. The number of hydrogen-bond acceptors (Lipinski definition) is 3. The molecule has 1 aliphatic rings. The lowest BCUT2D eigenvalue weighted by atomic mass is 10.3. The molecule has 0 unspecified atom stereocenters. The molecule has 0 radical (unpaired) electrons. The fourth-order valence-electron chi connectivity index (χ4n) is 2.11. The van der Waals surface area contributed by atoms with Crippen molar-refractivity contribution in [3.8, 4) is 0 Å². The molecule has 0 atom stereocenters. The number of imidazole rings is 1. The Balaban J connectivity index is 2.20. The molecule has 0 aromatic carbocycles. The first-order valence-electron chi connectivity index (χ1n) is 5.80. The number of carboxylic acid groups (broad SMARTS) is 1. The normalized spacial score (nSPS) is 15.4. The van der Waals surface area contributed by atoms with Gasteiger partial charge in [0.05, 0.1) is 5.56 Å². The van der Waals surface area contributed by atoms with E-state index < -0.39 is 5.97 Å². The maximum Gasteiger partial charge on any atom is 0.337 e. The summed E-state index contributed by atoms with van der Waals surface area (Å²) >= 11 is 0. The standard InChI is InChI=1S/C12H13N3O2/c1-2-15-10(7-3-4-7)14-9-5-8(12(16)17)6-13-11(9)15/h5-7H,2-4H2,1H3,(H,16,17). The highest BCUT2D eigenvalue weighted by Crippen LogP contribution is 2.40. The first-order valence-corrected chi connectivity index (χ1v) is 5.80. The van der Waals surface area contributed by atoms with Gasteiger partial charge in [-0.15, -0.1) is 0 Å². The van der Waals surface area contributed by atoms with Crippen molar-refractivity contribution in [3.63, 3.8) is 0 Å². The largest absolute Gasteiger partial charge is 0.478 e. The van der Waals surface area contributed by atoms with Crippen LogP contribution in [0.25, 0.3) is 11.2 Å². The summed E-state index contributed by atoms with van der Waals surface area (Å²) in [6.07, 6.45) is 3.75. The van der Waals surface area contributed by atoms with Gasteiger partial charge >= 0.3 is 5.97 Å². The van der Waals surface area contributed by atoms with E-state index in [2.05, 4.69) is 21.5 Å². The van der Waals surface area contributed by atoms with Crippen molar-refractivity contribution in [3.05, 3.63) is 23.7 Å². The summed E-state index contributed by atoms with van der Waals surface area (Å²) in [6, 6.07) is 1.60. The van der Waals surface area contributed by atoms with Crippen LogP contribution in [0.5, 0.6) is 0 Å². The molecule has 3 rings (SSSR count). The number of aromatic nitrogens is 3. The Morgan fingerprint density at radius 2 is 2.35 bits per heavy atom. The Labute approximate surface area is 98.1 Å². The molecule has 5 heteroatoms. The van der Waals surface area contributed by atoms with Crippen LogP contribution in [-0.4, -0.2) is 25.6 Å². The van der Waals surface area contributed by atoms with Gasteiger partial charge in [-0.1, -0.05) is 0 Å². The SMILES string of the molecule is CCn1c(C2CC2)nc2cc(C(=O)O)cnc21. The lowest BCUT2D eigenvalue weighted by Gasteiger charge is -2.03. The third-order valence-corrected chi connectivity index (χ3v) is 3.12. The molecular formula is C12H13N3O2. The number of carbonyl (C=O) groups is 1. The third-order valence-electron chi connectivity index (χ3n) is 3.12. The van der Waals surface area contributed by atoms with Crippen molar-refractivity contribution < 1.29 is 9.90 Å². The van der Waals surface area contributed by atoms with E-state index in [4.69, 9.17) is 5.11 Å². The van der Waals surface area contributed by atoms with Gasteiger partial charge in [0.25, 0.3) is 0 Å². The van der Waals surface area contributed by atoms with Gasteiger partial charge in [-0.05, 0) is 25.8 Å². The molecule has 0 aliphatic heterocycles. The minimum atomic E-state index is -0.960. The van der Waals surface area contributed by atoms with Crippen LogP contribution in [0.2, 0.25) is 0 Å². The smallest absolute Gasteiger partial charge is 0.337 e. The fraction of sp³-hybridized carbons (Fsp3) is 0.417. The summed E-state index contributed by atoms with van der Waals surface area (Å²) in [5, 5.41) is 8.92. The summed E-state index contributed by atoms with van der Waals surface area (Å²) in [6.45, 7) is 2.88. The molecule has 17 heavy (non-hydrogen) atoms. The van der Waals surface area contributed by atoms with Gasteiger partial charge in [-0.2, -0.15) is 0 Å². The molecule has 2 aromatic heterocycles. The van der Waals surface area contributed by atoms with Crippen LogP contribution in [0.3, 0.4) is 0 Å². The molecule has 2 aromatic rings. The van der Waals surface area contributed by atoms with Gasteiger partial charge < -0.3 is 9.67 Å². The van der Waals surface area contributed by atoms with E-state index in [-0.39, 0.29) is 5.56 Å². The monoisotopic (exact) mass is 231 g/mol. The zero-order valence-electron chi connectivity index (χ0n) is 9.55. The van der Waals surface area contributed by atoms with Gasteiger partial charge in [0.1, 0.15) is 11.3 Å². The number of carboxylic acids is 1. The molecule has 0 bridgehead atoms. The first-order chi connectivity index (χ1) is 8.20. The zero-order chi connectivity index (χ0) is 12.0. The van der Waals surface area contributed by atoms with E-state index in [1.165, 1.54) is 19.0 Å². The van der Waals surface area contributed by atoms with Gasteiger partial charge in [0, 0.05) is 18.7 Å². The number of pyridine rings is 1. The van der Waals surface area contributed by atoms with Crippen molar-refractivity contribution in [2.24, 2.45) is 0 Å². The lowest BCUT2D eigenvalue weighted by Crippen LogP contribution is -2.01. The first kappa shape index (κ1) is 10.3. The molecule has 1 fully saturated rings. The Bertz CT molecular complexity index is 599. The Morgan fingerprint density at radius 1 is 1.59 bits per heavy atom. The van der Waals surface area contributed by atoms with Crippen molar-refractivity contribution in [2.75, 3.05) is 0 Å². The van der Waals surface area contributed by atoms with E-state index in [1.807, 2.05) is 0 Å². The zero-order valence-corrected chi connectivity index (χ0v) is 9.55. The van der Waals surface area contributed by atoms with Crippen LogP contribution < -0.4 is 0 Å². The molecule has 1 saturated carbocycles. The van der Waals surface area contributed by atoms with Crippen LogP contribution >= 0.6 is 0 Å². The molecule has 88 valence electrons. The van der Waals surface area contributed by atoms with Crippen LogP contribution in [-0.2, 0) is 6.54 Å². The van der Waals surface area contributed by atoms with Crippen LogP contribution in [0.15, 0.2) is 12.3 Å². The van der Waals surface area contributed by atoms with Gasteiger partial charge in [-0.25, -0.2) is 14.8 Å². The predicted molar refractivity (Wildman–Crippen MR) is 62.1 cm³/mol. The summed E-state index contributed by atoms with van der Waals surface area (Å²) in [4.78, 5) is 19.6. The maximum atomic E-state index is 10.9. The Hall–Kier alpha value is -1.91. The van der Waals surface area contributed by atoms with Crippen molar-refractivity contribution in [2.45, 2.75) is 32.2 Å². The molecule has 5 nitrogen and oxygen atoms in total. The van der Waals surface area contributed by atoms with Crippen molar-refractivity contribution in [1.29, 1.82) is 0 Å². The second kappa shape index (κ2) is 3.55. The number of aryl methyl sites for hydroxylation is 1. The minimum Gasteiger partial charge on any atom is -0.478 e. The minimum absolute atomic E-state index is 0.195. The van der Waals surface area contributed by atoms with Gasteiger partial charge in [-0.3, -0.25) is 0 Å². The molecule has 0 spiro atoms. The second-order valence-corrected chi connectivity index (χ2v) is 4.36. The van der Waals surface area contributed by atoms with E-state index in [1.54, 1.807) is 6.07 Å². The summed E-state index contributed by atoms with van der Waals surface area (Å²) < 4.78 is 2.08. The number of nitrogens with zero attached hydrogens (tertiary/aromatic N) is 3. The average Bonchev–Trinajstić information content (AvgIpc) is 3.09. The van der Waals surface area contributed by atoms with E-state index in [0.29, 0.717) is 11.4 Å². The summed E-state index contributed by atoms with van der Waals surface area (Å²) in [7, 11) is 0. The highest BCUT2D eigenvalue weighted by molar-refractivity contribution is 5.90. The number of fused-ring (bicyclic) bond motifs is 1. The quantitative estimate of drug-likeness (QED) is 0.877. The molecule has 1 aliphatic carbocycles. The van der Waals surface area contributed by atoms with Crippen LogP contribution in [0.4, 0.5) is 0 Å². The second-order valence-electron chi connectivity index (χ2n) is 4.36. The highest BCUT2D eigenvalue weighted by atomic mass is 16.4.